The van der Waals surface area contributed by atoms with Gasteiger partial charge in [0.2, 0.25) is 5.91 Å². The molecule has 1 aliphatic heterocycles. The van der Waals surface area contributed by atoms with Gasteiger partial charge < -0.3 is 15.0 Å². The summed E-state index contributed by atoms with van der Waals surface area (Å²) in [4.78, 5) is 28.8. The van der Waals surface area contributed by atoms with Gasteiger partial charge >= 0.3 is 5.97 Å². The Bertz CT molecular complexity index is 909. The molecule has 0 unspecified atom stereocenters. The quantitative estimate of drug-likeness (QED) is 0.863. The number of fused-ring (bicyclic) bond motifs is 1. The molecular formula is C21H23FN2O3. The Morgan fingerprint density at radius 3 is 2.56 bits per heavy atom. The number of aromatic nitrogens is 1. The lowest BCUT2D eigenvalue weighted by Gasteiger charge is -2.32. The highest BCUT2D eigenvalue weighted by atomic mass is 19.1. The molecule has 2 aliphatic rings. The molecule has 0 spiro atoms. The molecule has 0 atom stereocenters. The Labute approximate surface area is 156 Å². The molecule has 0 bridgehead atoms. The van der Waals surface area contributed by atoms with E-state index in [0.29, 0.717) is 38.8 Å². The average Bonchev–Trinajstić information content (AvgIpc) is 3.10. The van der Waals surface area contributed by atoms with Crippen LogP contribution >= 0.6 is 0 Å². The van der Waals surface area contributed by atoms with Gasteiger partial charge in [-0.15, -0.1) is 0 Å². The van der Waals surface area contributed by atoms with Crippen molar-refractivity contribution in [1.82, 2.24) is 9.88 Å². The van der Waals surface area contributed by atoms with Gasteiger partial charge in [0, 0.05) is 41.7 Å². The van der Waals surface area contributed by atoms with E-state index in [1.54, 1.807) is 6.07 Å². The van der Waals surface area contributed by atoms with Gasteiger partial charge in [-0.3, -0.25) is 9.59 Å². The van der Waals surface area contributed by atoms with Crippen molar-refractivity contribution >= 4 is 28.4 Å². The molecule has 1 aliphatic carbocycles. The van der Waals surface area contributed by atoms with Gasteiger partial charge in [-0.25, -0.2) is 4.39 Å². The van der Waals surface area contributed by atoms with Crippen LogP contribution in [-0.4, -0.2) is 40.0 Å². The minimum Gasteiger partial charge on any atom is -0.481 e. The van der Waals surface area contributed by atoms with E-state index in [1.165, 1.54) is 17.7 Å². The monoisotopic (exact) mass is 370 g/mol. The van der Waals surface area contributed by atoms with Gasteiger partial charge in [0.1, 0.15) is 5.82 Å². The molecular weight excluding hydrogens is 347 g/mol. The molecule has 142 valence electrons. The zero-order chi connectivity index (χ0) is 19.0. The molecule has 0 saturated heterocycles. The fraction of sp³-hybridized carbons (Fsp3) is 0.429. The van der Waals surface area contributed by atoms with E-state index >= 15 is 0 Å². The second-order valence-electron chi connectivity index (χ2n) is 7.54. The fourth-order valence-electron chi connectivity index (χ4n) is 4.32. The zero-order valence-electron chi connectivity index (χ0n) is 15.1. The molecule has 1 aromatic carbocycles. The maximum Gasteiger partial charge on any atom is 0.306 e. The van der Waals surface area contributed by atoms with E-state index in [-0.39, 0.29) is 23.6 Å². The number of rotatable bonds is 3. The summed E-state index contributed by atoms with van der Waals surface area (Å²) in [6.07, 6.45) is 7.25. The number of nitrogens with zero attached hydrogens (tertiary/aromatic N) is 1. The van der Waals surface area contributed by atoms with Crippen LogP contribution in [0.5, 0.6) is 0 Å². The van der Waals surface area contributed by atoms with Crippen LogP contribution in [-0.2, 0) is 9.59 Å². The third kappa shape index (κ3) is 3.48. The molecule has 27 heavy (non-hydrogen) atoms. The molecule has 1 saturated carbocycles. The molecule has 1 fully saturated rings. The summed E-state index contributed by atoms with van der Waals surface area (Å²) >= 11 is 0. The second kappa shape index (κ2) is 7.18. The van der Waals surface area contributed by atoms with E-state index in [9.17, 15) is 14.0 Å². The number of halogens is 1. The summed E-state index contributed by atoms with van der Waals surface area (Å²) < 4.78 is 13.4. The van der Waals surface area contributed by atoms with Crippen molar-refractivity contribution in [2.45, 2.75) is 32.1 Å². The summed E-state index contributed by atoms with van der Waals surface area (Å²) in [7, 11) is 0. The largest absolute Gasteiger partial charge is 0.481 e. The Morgan fingerprint density at radius 1 is 1.15 bits per heavy atom. The van der Waals surface area contributed by atoms with Crippen molar-refractivity contribution in [2.75, 3.05) is 13.1 Å². The van der Waals surface area contributed by atoms with Crippen LogP contribution in [0.2, 0.25) is 0 Å². The Balaban J connectivity index is 1.42. The highest BCUT2D eigenvalue weighted by Crippen LogP contribution is 2.33. The normalized spacial score (nSPS) is 23.3. The number of H-pyrrole nitrogens is 1. The van der Waals surface area contributed by atoms with Crippen LogP contribution in [0.25, 0.3) is 16.5 Å². The number of carboxylic acid groups (broad SMARTS) is 1. The Hall–Kier alpha value is -2.63. The smallest absolute Gasteiger partial charge is 0.306 e. The summed E-state index contributed by atoms with van der Waals surface area (Å²) in [5.41, 5.74) is 3.02. The van der Waals surface area contributed by atoms with Gasteiger partial charge in [-0.2, -0.15) is 0 Å². The van der Waals surface area contributed by atoms with Crippen LogP contribution < -0.4 is 0 Å². The fourth-order valence-corrected chi connectivity index (χ4v) is 4.32. The maximum absolute atomic E-state index is 13.4. The molecule has 6 heteroatoms. The van der Waals surface area contributed by atoms with Gasteiger partial charge in [0.15, 0.2) is 0 Å². The van der Waals surface area contributed by atoms with Gasteiger partial charge in [-0.1, -0.05) is 6.08 Å². The standard InChI is InChI=1S/C21H23FN2O3/c22-16-5-6-17-18(12-23-19(17)11-16)13-7-9-24(10-8-13)20(25)14-1-3-15(4-2-14)21(26)27/h5-7,11-12,14-15,23H,1-4,8-10H2,(H,26,27). The maximum atomic E-state index is 13.4. The Kier molecular flexibility index (Phi) is 4.72. The van der Waals surface area contributed by atoms with Crippen molar-refractivity contribution in [3.63, 3.8) is 0 Å². The van der Waals surface area contributed by atoms with Crippen molar-refractivity contribution in [3.05, 3.63) is 41.9 Å². The highest BCUT2D eigenvalue weighted by molar-refractivity contribution is 5.93. The Morgan fingerprint density at radius 2 is 1.89 bits per heavy atom. The summed E-state index contributed by atoms with van der Waals surface area (Å²) in [5, 5.41) is 10.1. The number of aliphatic carboxylic acids is 1. The summed E-state index contributed by atoms with van der Waals surface area (Å²) in [5.74, 6) is -1.21. The van der Waals surface area contributed by atoms with Crippen molar-refractivity contribution in [2.24, 2.45) is 11.8 Å². The molecule has 1 amide bonds. The van der Waals surface area contributed by atoms with Crippen LogP contribution in [0.3, 0.4) is 0 Å². The third-order valence-electron chi connectivity index (χ3n) is 5.94. The number of hydrogen-bond acceptors (Lipinski definition) is 2. The number of carbonyl (C=O) groups excluding carboxylic acids is 1. The number of nitrogens with one attached hydrogen (secondary N) is 1. The van der Waals surface area contributed by atoms with Gasteiger partial charge in [0.05, 0.1) is 5.92 Å². The number of amides is 1. The first-order chi connectivity index (χ1) is 13.0. The van der Waals surface area contributed by atoms with Crippen LogP contribution in [0.1, 0.15) is 37.7 Å². The lowest BCUT2D eigenvalue weighted by Crippen LogP contribution is -2.40. The number of aromatic amines is 1. The molecule has 4 rings (SSSR count). The van der Waals surface area contributed by atoms with E-state index in [1.807, 2.05) is 11.1 Å². The first-order valence-corrected chi connectivity index (χ1v) is 9.50. The van der Waals surface area contributed by atoms with E-state index < -0.39 is 5.97 Å². The van der Waals surface area contributed by atoms with Crippen LogP contribution in [0.15, 0.2) is 30.5 Å². The molecule has 0 radical (unpaired) electrons. The summed E-state index contributed by atoms with van der Waals surface area (Å²) in [6, 6.07) is 4.74. The molecule has 2 N–H and O–H groups in total. The lowest BCUT2D eigenvalue weighted by atomic mass is 9.81. The number of hydrogen-bond donors (Lipinski definition) is 2. The topological polar surface area (TPSA) is 73.4 Å². The first-order valence-electron chi connectivity index (χ1n) is 9.50. The van der Waals surface area contributed by atoms with Crippen molar-refractivity contribution < 1.29 is 19.1 Å². The number of carboxylic acids is 1. The third-order valence-corrected chi connectivity index (χ3v) is 5.94. The van der Waals surface area contributed by atoms with Crippen molar-refractivity contribution in [1.29, 1.82) is 0 Å². The summed E-state index contributed by atoms with van der Waals surface area (Å²) in [6.45, 7) is 1.23. The van der Waals surface area contributed by atoms with Crippen LogP contribution in [0.4, 0.5) is 4.39 Å². The minimum absolute atomic E-state index is 0.0494. The van der Waals surface area contributed by atoms with Crippen molar-refractivity contribution in [3.8, 4) is 0 Å². The average molecular weight is 370 g/mol. The molecule has 5 nitrogen and oxygen atoms in total. The van der Waals surface area contributed by atoms with E-state index in [4.69, 9.17) is 5.11 Å². The van der Waals surface area contributed by atoms with E-state index in [0.717, 1.165) is 22.9 Å². The first kappa shape index (κ1) is 17.8. The van der Waals surface area contributed by atoms with Crippen LogP contribution in [0, 0.1) is 17.7 Å². The number of benzene rings is 1. The molecule has 2 heterocycles. The predicted octanol–water partition coefficient (Wildman–Crippen LogP) is 3.81. The highest BCUT2D eigenvalue weighted by Gasteiger charge is 2.32. The molecule has 2 aromatic rings. The predicted molar refractivity (Wildman–Crippen MR) is 101 cm³/mol. The molecule has 1 aromatic heterocycles. The second-order valence-corrected chi connectivity index (χ2v) is 7.54. The lowest BCUT2D eigenvalue weighted by molar-refractivity contribution is -0.145. The van der Waals surface area contributed by atoms with Gasteiger partial charge in [-0.05, 0) is 55.9 Å². The SMILES string of the molecule is O=C(O)C1CCC(C(=O)N2CC=C(c3c[nH]c4cc(F)ccc34)CC2)CC1. The minimum atomic E-state index is -0.745. The van der Waals surface area contributed by atoms with E-state index in [2.05, 4.69) is 11.1 Å². The number of carbonyl (C=O) groups is 2. The van der Waals surface area contributed by atoms with Gasteiger partial charge in [0.25, 0.3) is 0 Å². The zero-order valence-corrected chi connectivity index (χ0v) is 15.1.